The van der Waals surface area contributed by atoms with Gasteiger partial charge in [0.15, 0.2) is 0 Å². The van der Waals surface area contributed by atoms with Gasteiger partial charge in [0, 0.05) is 5.56 Å². The molecule has 2 aromatic carbocycles. The van der Waals surface area contributed by atoms with E-state index in [1.54, 1.807) is 18.2 Å². The van der Waals surface area contributed by atoms with Crippen LogP contribution in [-0.2, 0) is 6.42 Å². The summed E-state index contributed by atoms with van der Waals surface area (Å²) in [6.07, 6.45) is 0.893. The lowest BCUT2D eigenvalue weighted by Crippen LogP contribution is -2.08. The summed E-state index contributed by atoms with van der Waals surface area (Å²) < 4.78 is 13.2. The van der Waals surface area contributed by atoms with Crippen LogP contribution >= 0.6 is 0 Å². The van der Waals surface area contributed by atoms with Gasteiger partial charge in [0.2, 0.25) is 0 Å². The molecule has 100 valence electrons. The van der Waals surface area contributed by atoms with E-state index in [1.165, 1.54) is 12.1 Å². The second-order valence-electron chi connectivity index (χ2n) is 6.10. The maximum Gasteiger partial charge on any atom is 0.123 e. The monoisotopic (exact) mass is 258 g/mol. The lowest BCUT2D eigenvalue weighted by Gasteiger charge is -2.18. The molecule has 0 atom stereocenters. The van der Waals surface area contributed by atoms with Crippen molar-refractivity contribution in [3.8, 4) is 16.9 Å². The molecule has 0 aliphatic carbocycles. The lowest BCUT2D eigenvalue weighted by molar-refractivity contribution is 0.409. The average Bonchev–Trinajstić information content (AvgIpc) is 2.26. The van der Waals surface area contributed by atoms with Crippen LogP contribution in [0.15, 0.2) is 42.5 Å². The second-order valence-corrected chi connectivity index (χ2v) is 6.10. The van der Waals surface area contributed by atoms with E-state index in [-0.39, 0.29) is 17.0 Å². The quantitative estimate of drug-likeness (QED) is 0.821. The molecular weight excluding hydrogens is 239 g/mol. The van der Waals surface area contributed by atoms with Crippen molar-refractivity contribution in [1.82, 2.24) is 0 Å². The molecule has 0 amide bonds. The second kappa shape index (κ2) is 5.04. The molecule has 0 spiro atoms. The van der Waals surface area contributed by atoms with E-state index in [1.807, 2.05) is 12.1 Å². The molecule has 0 fully saturated rings. The summed E-state index contributed by atoms with van der Waals surface area (Å²) >= 11 is 0. The van der Waals surface area contributed by atoms with E-state index in [4.69, 9.17) is 0 Å². The largest absolute Gasteiger partial charge is 0.507 e. The van der Waals surface area contributed by atoms with Crippen LogP contribution in [0.4, 0.5) is 4.39 Å². The number of benzene rings is 2. The molecule has 2 aromatic rings. The number of hydrogen-bond acceptors (Lipinski definition) is 1. The van der Waals surface area contributed by atoms with E-state index < -0.39 is 0 Å². The SMILES string of the molecule is CC(C)(C)Cc1ccc(-c2cccc(F)c2)c(O)c1. The van der Waals surface area contributed by atoms with Crippen molar-refractivity contribution in [3.63, 3.8) is 0 Å². The Morgan fingerprint density at radius 2 is 1.79 bits per heavy atom. The van der Waals surface area contributed by atoms with E-state index in [0.29, 0.717) is 11.1 Å². The van der Waals surface area contributed by atoms with Crippen molar-refractivity contribution in [2.45, 2.75) is 27.2 Å². The molecule has 0 saturated carbocycles. The van der Waals surface area contributed by atoms with Gasteiger partial charge in [-0.05, 0) is 41.2 Å². The molecule has 0 aliphatic rings. The number of halogens is 1. The third kappa shape index (κ3) is 3.57. The Hall–Kier alpha value is -1.83. The van der Waals surface area contributed by atoms with Crippen LogP contribution in [0.25, 0.3) is 11.1 Å². The van der Waals surface area contributed by atoms with Gasteiger partial charge >= 0.3 is 0 Å². The highest BCUT2D eigenvalue weighted by Gasteiger charge is 2.13. The highest BCUT2D eigenvalue weighted by molar-refractivity contribution is 5.70. The summed E-state index contributed by atoms with van der Waals surface area (Å²) in [6, 6.07) is 11.9. The van der Waals surface area contributed by atoms with Crippen LogP contribution in [0.3, 0.4) is 0 Å². The summed E-state index contributed by atoms with van der Waals surface area (Å²) in [4.78, 5) is 0. The van der Waals surface area contributed by atoms with Crippen LogP contribution in [-0.4, -0.2) is 5.11 Å². The zero-order valence-corrected chi connectivity index (χ0v) is 11.6. The first-order chi connectivity index (χ1) is 8.85. The summed E-state index contributed by atoms with van der Waals surface area (Å²) in [5.74, 6) is -0.0944. The summed E-state index contributed by atoms with van der Waals surface area (Å²) in [5.41, 5.74) is 2.62. The first kappa shape index (κ1) is 13.6. The fourth-order valence-electron chi connectivity index (χ4n) is 2.20. The fourth-order valence-corrected chi connectivity index (χ4v) is 2.20. The van der Waals surface area contributed by atoms with Crippen molar-refractivity contribution in [2.24, 2.45) is 5.41 Å². The molecule has 19 heavy (non-hydrogen) atoms. The Bertz CT molecular complexity index is 582. The van der Waals surface area contributed by atoms with Gasteiger partial charge in [0.1, 0.15) is 11.6 Å². The van der Waals surface area contributed by atoms with E-state index >= 15 is 0 Å². The number of hydrogen-bond donors (Lipinski definition) is 1. The third-order valence-corrected chi connectivity index (χ3v) is 2.93. The Morgan fingerprint density at radius 1 is 1.05 bits per heavy atom. The third-order valence-electron chi connectivity index (χ3n) is 2.93. The van der Waals surface area contributed by atoms with Gasteiger partial charge in [0.05, 0.1) is 0 Å². The van der Waals surface area contributed by atoms with E-state index in [9.17, 15) is 9.50 Å². The minimum absolute atomic E-state index is 0.173. The first-order valence-electron chi connectivity index (χ1n) is 6.43. The molecule has 0 unspecified atom stereocenters. The smallest absolute Gasteiger partial charge is 0.123 e. The molecule has 0 aromatic heterocycles. The van der Waals surface area contributed by atoms with E-state index in [2.05, 4.69) is 20.8 Å². The van der Waals surface area contributed by atoms with E-state index in [0.717, 1.165) is 12.0 Å². The molecule has 1 nitrogen and oxygen atoms in total. The van der Waals surface area contributed by atoms with Crippen LogP contribution in [0, 0.1) is 11.2 Å². The predicted octanol–water partition coefficient (Wildman–Crippen LogP) is 4.79. The Kier molecular flexibility index (Phi) is 3.61. The highest BCUT2D eigenvalue weighted by atomic mass is 19.1. The summed E-state index contributed by atoms with van der Waals surface area (Å²) in [5, 5.41) is 10.1. The molecule has 2 rings (SSSR count). The number of phenols is 1. The minimum Gasteiger partial charge on any atom is -0.507 e. The number of phenolic OH excluding ortho intramolecular Hbond substituents is 1. The van der Waals surface area contributed by atoms with Gasteiger partial charge in [-0.15, -0.1) is 0 Å². The standard InChI is InChI=1S/C17H19FO/c1-17(2,3)11-12-7-8-15(16(19)9-12)13-5-4-6-14(18)10-13/h4-10,19H,11H2,1-3H3. The summed E-state index contributed by atoms with van der Waals surface area (Å²) in [7, 11) is 0. The average molecular weight is 258 g/mol. The molecule has 0 aliphatic heterocycles. The van der Waals surface area contributed by atoms with Crippen molar-refractivity contribution < 1.29 is 9.50 Å². The Labute approximate surface area is 113 Å². The van der Waals surface area contributed by atoms with Gasteiger partial charge in [0.25, 0.3) is 0 Å². The number of rotatable bonds is 2. The molecule has 0 radical (unpaired) electrons. The molecule has 0 bridgehead atoms. The van der Waals surface area contributed by atoms with Crippen LogP contribution in [0.5, 0.6) is 5.75 Å². The van der Waals surface area contributed by atoms with Gasteiger partial charge in [-0.3, -0.25) is 0 Å². The van der Waals surface area contributed by atoms with Crippen LogP contribution in [0.2, 0.25) is 0 Å². The zero-order chi connectivity index (χ0) is 14.0. The highest BCUT2D eigenvalue weighted by Crippen LogP contribution is 2.32. The fraction of sp³-hybridized carbons (Fsp3) is 0.294. The molecule has 2 heteroatoms. The Balaban J connectivity index is 2.34. The molecular formula is C17H19FO. The van der Waals surface area contributed by atoms with Crippen molar-refractivity contribution in [1.29, 1.82) is 0 Å². The van der Waals surface area contributed by atoms with Crippen molar-refractivity contribution in [2.75, 3.05) is 0 Å². The molecule has 0 heterocycles. The molecule has 1 N–H and O–H groups in total. The lowest BCUT2D eigenvalue weighted by atomic mass is 9.87. The summed E-state index contributed by atoms with van der Waals surface area (Å²) in [6.45, 7) is 6.47. The van der Waals surface area contributed by atoms with Gasteiger partial charge in [-0.1, -0.05) is 45.0 Å². The van der Waals surface area contributed by atoms with Gasteiger partial charge in [-0.2, -0.15) is 0 Å². The van der Waals surface area contributed by atoms with Gasteiger partial charge < -0.3 is 5.11 Å². The minimum atomic E-state index is -0.296. The zero-order valence-electron chi connectivity index (χ0n) is 11.6. The predicted molar refractivity (Wildman–Crippen MR) is 76.7 cm³/mol. The number of aromatic hydroxyl groups is 1. The Morgan fingerprint density at radius 3 is 2.37 bits per heavy atom. The maximum atomic E-state index is 13.2. The van der Waals surface area contributed by atoms with Gasteiger partial charge in [-0.25, -0.2) is 4.39 Å². The van der Waals surface area contributed by atoms with Crippen molar-refractivity contribution >= 4 is 0 Å². The topological polar surface area (TPSA) is 20.2 Å². The van der Waals surface area contributed by atoms with Crippen LogP contribution in [0.1, 0.15) is 26.3 Å². The first-order valence-corrected chi connectivity index (χ1v) is 6.43. The maximum absolute atomic E-state index is 13.2. The normalized spacial score (nSPS) is 11.6. The van der Waals surface area contributed by atoms with Crippen molar-refractivity contribution in [3.05, 3.63) is 53.8 Å². The van der Waals surface area contributed by atoms with Crippen LogP contribution < -0.4 is 0 Å². The molecule has 0 saturated heterocycles.